The van der Waals surface area contributed by atoms with Crippen molar-refractivity contribution in [2.75, 3.05) is 33.3 Å². The van der Waals surface area contributed by atoms with Crippen LogP contribution in [0.1, 0.15) is 24.5 Å². The molecule has 0 saturated carbocycles. The van der Waals surface area contributed by atoms with Gasteiger partial charge in [-0.05, 0) is 37.6 Å². The summed E-state index contributed by atoms with van der Waals surface area (Å²) in [4.78, 5) is 2.51. The Morgan fingerprint density at radius 3 is 2.94 bits per heavy atom. The first kappa shape index (κ1) is 13.4. The van der Waals surface area contributed by atoms with Crippen LogP contribution in [0.15, 0.2) is 18.2 Å². The van der Waals surface area contributed by atoms with Crippen LogP contribution >= 0.6 is 0 Å². The molecule has 0 bridgehead atoms. The van der Waals surface area contributed by atoms with E-state index in [0.717, 1.165) is 38.3 Å². The molecule has 0 radical (unpaired) electrons. The Morgan fingerprint density at radius 1 is 1.28 bits per heavy atom. The Hall–Kier alpha value is -1.06. The molecular weight excluding hydrogens is 224 g/mol. The molecule has 0 aromatic heterocycles. The number of hydrogen-bond donors (Lipinski definition) is 1. The van der Waals surface area contributed by atoms with Crippen molar-refractivity contribution in [2.24, 2.45) is 0 Å². The second kappa shape index (κ2) is 6.76. The van der Waals surface area contributed by atoms with E-state index in [4.69, 9.17) is 4.74 Å². The fourth-order valence-corrected chi connectivity index (χ4v) is 2.48. The van der Waals surface area contributed by atoms with Crippen LogP contribution < -0.4 is 10.1 Å². The standard InChI is InChI=1S/C15H24N2O/c1-3-13-5-6-15(18-2)14(11-13)12-17-9-4-7-16-8-10-17/h5-6,11,16H,3-4,7-10,12H2,1-2H3. The molecule has 1 aliphatic heterocycles. The lowest BCUT2D eigenvalue weighted by Gasteiger charge is -2.21. The van der Waals surface area contributed by atoms with Crippen LogP contribution in [0.3, 0.4) is 0 Å². The van der Waals surface area contributed by atoms with Gasteiger partial charge in [0, 0.05) is 25.2 Å². The normalized spacial score (nSPS) is 17.4. The van der Waals surface area contributed by atoms with Crippen molar-refractivity contribution in [1.82, 2.24) is 10.2 Å². The molecule has 1 aliphatic rings. The SMILES string of the molecule is CCc1ccc(OC)c(CN2CCCNCC2)c1. The minimum absolute atomic E-state index is 0.999. The number of rotatable bonds is 4. The minimum atomic E-state index is 0.999. The highest BCUT2D eigenvalue weighted by Crippen LogP contribution is 2.22. The van der Waals surface area contributed by atoms with E-state index in [1.165, 1.54) is 24.1 Å². The van der Waals surface area contributed by atoms with Crippen molar-refractivity contribution in [1.29, 1.82) is 0 Å². The topological polar surface area (TPSA) is 24.5 Å². The lowest BCUT2D eigenvalue weighted by Crippen LogP contribution is -2.27. The molecule has 3 nitrogen and oxygen atoms in total. The first-order valence-electron chi connectivity index (χ1n) is 6.92. The Bertz CT molecular complexity index is 371. The first-order chi connectivity index (χ1) is 8.83. The molecular formula is C15H24N2O. The third kappa shape index (κ3) is 3.47. The van der Waals surface area contributed by atoms with Gasteiger partial charge in [-0.3, -0.25) is 4.90 Å². The lowest BCUT2D eigenvalue weighted by atomic mass is 10.1. The van der Waals surface area contributed by atoms with Crippen molar-refractivity contribution in [3.63, 3.8) is 0 Å². The number of methoxy groups -OCH3 is 1. The summed E-state index contributed by atoms with van der Waals surface area (Å²) in [5, 5.41) is 3.44. The second-order valence-electron chi connectivity index (χ2n) is 4.88. The van der Waals surface area contributed by atoms with Crippen molar-refractivity contribution >= 4 is 0 Å². The highest BCUT2D eigenvalue weighted by Gasteiger charge is 2.12. The maximum Gasteiger partial charge on any atom is 0.123 e. The van der Waals surface area contributed by atoms with Gasteiger partial charge in [0.15, 0.2) is 0 Å². The quantitative estimate of drug-likeness (QED) is 0.882. The molecule has 2 rings (SSSR count). The van der Waals surface area contributed by atoms with Crippen LogP contribution in [-0.4, -0.2) is 38.2 Å². The molecule has 1 N–H and O–H groups in total. The molecule has 1 aromatic rings. The molecule has 0 aliphatic carbocycles. The highest BCUT2D eigenvalue weighted by molar-refractivity contribution is 5.37. The first-order valence-corrected chi connectivity index (χ1v) is 6.92. The van der Waals surface area contributed by atoms with E-state index in [2.05, 4.69) is 35.3 Å². The largest absolute Gasteiger partial charge is 0.496 e. The van der Waals surface area contributed by atoms with Crippen LogP contribution in [-0.2, 0) is 13.0 Å². The van der Waals surface area contributed by atoms with Crippen molar-refractivity contribution in [2.45, 2.75) is 26.3 Å². The van der Waals surface area contributed by atoms with E-state index in [1.54, 1.807) is 7.11 Å². The average Bonchev–Trinajstić information content (AvgIpc) is 2.67. The van der Waals surface area contributed by atoms with Crippen LogP contribution in [0.2, 0.25) is 0 Å². The summed E-state index contributed by atoms with van der Waals surface area (Å²) in [5.74, 6) is 1.02. The number of hydrogen-bond acceptors (Lipinski definition) is 3. The summed E-state index contributed by atoms with van der Waals surface area (Å²) in [6.07, 6.45) is 2.31. The zero-order valence-corrected chi connectivity index (χ0v) is 11.5. The summed E-state index contributed by atoms with van der Waals surface area (Å²) in [7, 11) is 1.76. The van der Waals surface area contributed by atoms with Gasteiger partial charge < -0.3 is 10.1 Å². The van der Waals surface area contributed by atoms with Gasteiger partial charge in [-0.15, -0.1) is 0 Å². The molecule has 1 aromatic carbocycles. The molecule has 0 amide bonds. The summed E-state index contributed by atoms with van der Waals surface area (Å²) >= 11 is 0. The summed E-state index contributed by atoms with van der Waals surface area (Å²) in [6.45, 7) is 7.73. The van der Waals surface area contributed by atoms with Crippen LogP contribution in [0.5, 0.6) is 5.75 Å². The molecule has 18 heavy (non-hydrogen) atoms. The van der Waals surface area contributed by atoms with Crippen molar-refractivity contribution < 1.29 is 4.74 Å². The van der Waals surface area contributed by atoms with Crippen molar-refractivity contribution in [3.8, 4) is 5.75 Å². The van der Waals surface area contributed by atoms with Gasteiger partial charge in [0.05, 0.1) is 7.11 Å². The Balaban J connectivity index is 2.10. The highest BCUT2D eigenvalue weighted by atomic mass is 16.5. The molecule has 0 atom stereocenters. The fraction of sp³-hybridized carbons (Fsp3) is 0.600. The van der Waals surface area contributed by atoms with Gasteiger partial charge in [0.25, 0.3) is 0 Å². The zero-order valence-electron chi connectivity index (χ0n) is 11.5. The smallest absolute Gasteiger partial charge is 0.123 e. The summed E-state index contributed by atoms with van der Waals surface area (Å²) in [5.41, 5.74) is 2.71. The third-order valence-electron chi connectivity index (χ3n) is 3.58. The molecule has 1 heterocycles. The number of benzene rings is 1. The van der Waals surface area contributed by atoms with E-state index in [9.17, 15) is 0 Å². The Labute approximate surface area is 110 Å². The maximum atomic E-state index is 5.48. The Kier molecular flexibility index (Phi) is 5.02. The van der Waals surface area contributed by atoms with Gasteiger partial charge >= 0.3 is 0 Å². The number of aryl methyl sites for hydroxylation is 1. The van der Waals surface area contributed by atoms with E-state index in [1.807, 2.05) is 0 Å². The van der Waals surface area contributed by atoms with Gasteiger partial charge in [0.2, 0.25) is 0 Å². The summed E-state index contributed by atoms with van der Waals surface area (Å²) < 4.78 is 5.48. The zero-order chi connectivity index (χ0) is 12.8. The minimum Gasteiger partial charge on any atom is -0.496 e. The van der Waals surface area contributed by atoms with E-state index < -0.39 is 0 Å². The molecule has 3 heteroatoms. The Morgan fingerprint density at radius 2 is 2.17 bits per heavy atom. The molecule has 1 fully saturated rings. The number of nitrogens with zero attached hydrogens (tertiary/aromatic N) is 1. The van der Waals surface area contributed by atoms with Gasteiger partial charge in [-0.1, -0.05) is 19.1 Å². The van der Waals surface area contributed by atoms with Gasteiger partial charge in [-0.25, -0.2) is 0 Å². The van der Waals surface area contributed by atoms with Crippen molar-refractivity contribution in [3.05, 3.63) is 29.3 Å². The molecule has 0 spiro atoms. The summed E-state index contributed by atoms with van der Waals surface area (Å²) in [6, 6.07) is 6.55. The van der Waals surface area contributed by atoms with Crippen LogP contribution in [0, 0.1) is 0 Å². The monoisotopic (exact) mass is 248 g/mol. The number of nitrogens with one attached hydrogen (secondary N) is 1. The van der Waals surface area contributed by atoms with E-state index >= 15 is 0 Å². The lowest BCUT2D eigenvalue weighted by molar-refractivity contribution is 0.278. The molecule has 1 saturated heterocycles. The van der Waals surface area contributed by atoms with E-state index in [0.29, 0.717) is 0 Å². The third-order valence-corrected chi connectivity index (χ3v) is 3.58. The molecule has 0 unspecified atom stereocenters. The van der Waals surface area contributed by atoms with Gasteiger partial charge in [-0.2, -0.15) is 0 Å². The van der Waals surface area contributed by atoms with Crippen LogP contribution in [0.25, 0.3) is 0 Å². The second-order valence-corrected chi connectivity index (χ2v) is 4.88. The number of ether oxygens (including phenoxy) is 1. The molecule has 100 valence electrons. The van der Waals surface area contributed by atoms with Crippen LogP contribution in [0.4, 0.5) is 0 Å². The predicted octanol–water partition coefficient (Wildman–Crippen LogP) is 2.05. The van der Waals surface area contributed by atoms with Gasteiger partial charge in [0.1, 0.15) is 5.75 Å². The fourth-order valence-electron chi connectivity index (χ4n) is 2.48. The predicted molar refractivity (Wildman–Crippen MR) is 75.1 cm³/mol. The van der Waals surface area contributed by atoms with E-state index in [-0.39, 0.29) is 0 Å². The average molecular weight is 248 g/mol. The maximum absolute atomic E-state index is 5.48.